The van der Waals surface area contributed by atoms with Gasteiger partial charge in [0.1, 0.15) is 11.6 Å². The molecule has 1 unspecified atom stereocenters. The van der Waals surface area contributed by atoms with Crippen molar-refractivity contribution in [3.8, 4) is 5.75 Å². The molecule has 1 nitrogen and oxygen atoms in total. The summed E-state index contributed by atoms with van der Waals surface area (Å²) < 4.78 is 41.9. The number of hydrogen-bond acceptors (Lipinski definition) is 1. The molecule has 0 aliphatic carbocycles. The van der Waals surface area contributed by atoms with E-state index >= 15 is 0 Å². The molecule has 0 spiro atoms. The Morgan fingerprint density at radius 1 is 1.05 bits per heavy atom. The van der Waals surface area contributed by atoms with Gasteiger partial charge in [-0.05, 0) is 41.8 Å². The summed E-state index contributed by atoms with van der Waals surface area (Å²) in [5.74, 6) is -0.269. The van der Waals surface area contributed by atoms with Crippen molar-refractivity contribution in [3.05, 3.63) is 65.0 Å². The quantitative estimate of drug-likeness (QED) is 0.717. The highest BCUT2D eigenvalue weighted by Gasteiger charge is 2.14. The Hall–Kier alpha value is -1.68. The van der Waals surface area contributed by atoms with Gasteiger partial charge in [-0.15, -0.1) is 11.6 Å². The minimum absolute atomic E-state index is 0.0435. The first-order chi connectivity index (χ1) is 9.47. The number of ether oxygens (including phenoxy) is 1. The van der Waals surface area contributed by atoms with Gasteiger partial charge in [0, 0.05) is 0 Å². The van der Waals surface area contributed by atoms with Crippen molar-refractivity contribution in [1.82, 2.24) is 0 Å². The third kappa shape index (κ3) is 3.45. The van der Waals surface area contributed by atoms with E-state index < -0.39 is 12.0 Å². The smallest absolute Gasteiger partial charge is 0.387 e. The minimum atomic E-state index is -2.88. The molecule has 0 radical (unpaired) electrons. The lowest BCUT2D eigenvalue weighted by Gasteiger charge is -2.13. The summed E-state index contributed by atoms with van der Waals surface area (Å²) in [4.78, 5) is 0. The maximum Gasteiger partial charge on any atom is 0.387 e. The molecule has 0 aliphatic rings. The van der Waals surface area contributed by atoms with E-state index in [1.165, 1.54) is 18.2 Å². The zero-order valence-corrected chi connectivity index (χ0v) is 11.4. The molecule has 0 aliphatic heterocycles. The first kappa shape index (κ1) is 14.7. The zero-order chi connectivity index (χ0) is 14.7. The van der Waals surface area contributed by atoms with Crippen LogP contribution in [0.25, 0.3) is 0 Å². The Morgan fingerprint density at radius 2 is 1.75 bits per heavy atom. The van der Waals surface area contributed by atoms with E-state index in [9.17, 15) is 13.2 Å². The fraction of sp³-hybridized carbons (Fsp3) is 0.200. The molecule has 0 bridgehead atoms. The summed E-state index contributed by atoms with van der Waals surface area (Å²) >= 11 is 6.30. The molecule has 0 saturated heterocycles. The van der Waals surface area contributed by atoms with E-state index in [2.05, 4.69) is 4.74 Å². The first-order valence-corrected chi connectivity index (χ1v) is 6.36. The van der Waals surface area contributed by atoms with Crippen LogP contribution in [0.1, 0.15) is 22.1 Å². The van der Waals surface area contributed by atoms with Crippen molar-refractivity contribution < 1.29 is 17.9 Å². The number of aryl methyl sites for hydroxylation is 1. The van der Waals surface area contributed by atoms with Crippen LogP contribution in [0, 0.1) is 12.7 Å². The van der Waals surface area contributed by atoms with Crippen LogP contribution in [0.3, 0.4) is 0 Å². The van der Waals surface area contributed by atoms with Gasteiger partial charge in [0.2, 0.25) is 0 Å². The van der Waals surface area contributed by atoms with E-state index in [1.807, 2.05) is 0 Å². The lowest BCUT2D eigenvalue weighted by atomic mass is 10.0. The van der Waals surface area contributed by atoms with E-state index in [-0.39, 0.29) is 11.6 Å². The summed E-state index contributed by atoms with van der Waals surface area (Å²) in [6.45, 7) is -1.24. The van der Waals surface area contributed by atoms with E-state index in [0.29, 0.717) is 16.7 Å². The average Bonchev–Trinajstić information content (AvgIpc) is 2.40. The van der Waals surface area contributed by atoms with Crippen LogP contribution >= 0.6 is 11.6 Å². The highest BCUT2D eigenvalue weighted by Crippen LogP contribution is 2.31. The predicted octanol–water partition coefficient (Wildman–Crippen LogP) is 5.06. The summed E-state index contributed by atoms with van der Waals surface area (Å²) in [6.07, 6.45) is 0. The van der Waals surface area contributed by atoms with Gasteiger partial charge in [0.05, 0.1) is 5.38 Å². The predicted molar refractivity (Wildman–Crippen MR) is 71.9 cm³/mol. The molecule has 2 rings (SSSR count). The topological polar surface area (TPSA) is 9.23 Å². The molecule has 20 heavy (non-hydrogen) atoms. The lowest BCUT2D eigenvalue weighted by molar-refractivity contribution is -0.0498. The molecule has 0 aromatic heterocycles. The van der Waals surface area contributed by atoms with Crippen LogP contribution in [-0.4, -0.2) is 6.61 Å². The van der Waals surface area contributed by atoms with Crippen LogP contribution in [0.2, 0.25) is 0 Å². The van der Waals surface area contributed by atoms with Crippen LogP contribution in [0.5, 0.6) is 5.75 Å². The van der Waals surface area contributed by atoms with Crippen molar-refractivity contribution in [2.24, 2.45) is 0 Å². The van der Waals surface area contributed by atoms with Crippen molar-refractivity contribution >= 4 is 11.6 Å². The van der Waals surface area contributed by atoms with Crippen LogP contribution < -0.4 is 4.74 Å². The molecule has 0 fully saturated rings. The Labute approximate surface area is 119 Å². The molecule has 2 aromatic carbocycles. The second-order valence-electron chi connectivity index (χ2n) is 4.32. The Bertz CT molecular complexity index is 601. The molecule has 0 N–H and O–H groups in total. The Morgan fingerprint density at radius 3 is 2.40 bits per heavy atom. The molecule has 106 valence electrons. The van der Waals surface area contributed by atoms with Gasteiger partial charge in [-0.1, -0.05) is 24.3 Å². The van der Waals surface area contributed by atoms with Crippen molar-refractivity contribution in [2.45, 2.75) is 18.9 Å². The monoisotopic (exact) mass is 300 g/mol. The van der Waals surface area contributed by atoms with Gasteiger partial charge in [-0.25, -0.2) is 4.39 Å². The number of rotatable bonds is 4. The summed E-state index contributed by atoms with van der Waals surface area (Å²) in [7, 11) is 0. The third-order valence-electron chi connectivity index (χ3n) is 2.85. The molecule has 5 heteroatoms. The number of halogens is 4. The molecular weight excluding hydrogens is 289 g/mol. The minimum Gasteiger partial charge on any atom is -0.435 e. The third-order valence-corrected chi connectivity index (χ3v) is 3.35. The Balaban J connectivity index is 2.28. The summed E-state index contributed by atoms with van der Waals surface area (Å²) in [5, 5.41) is -0.560. The van der Waals surface area contributed by atoms with Crippen LogP contribution in [-0.2, 0) is 0 Å². The molecule has 1 atom stereocenters. The van der Waals surface area contributed by atoms with Gasteiger partial charge >= 0.3 is 6.61 Å². The van der Waals surface area contributed by atoms with Crippen molar-refractivity contribution in [2.75, 3.05) is 0 Å². The zero-order valence-electron chi connectivity index (χ0n) is 10.6. The van der Waals surface area contributed by atoms with Crippen LogP contribution in [0.15, 0.2) is 42.5 Å². The maximum absolute atomic E-state index is 13.2. The summed E-state index contributed by atoms with van der Waals surface area (Å²) in [6, 6.07) is 10.7. The molecular formula is C15H12ClF3O. The van der Waals surface area contributed by atoms with Gasteiger partial charge in [-0.2, -0.15) is 8.78 Å². The maximum atomic E-state index is 13.2. The number of benzene rings is 2. The van der Waals surface area contributed by atoms with E-state index in [4.69, 9.17) is 11.6 Å². The van der Waals surface area contributed by atoms with E-state index in [1.54, 1.807) is 31.2 Å². The van der Waals surface area contributed by atoms with Gasteiger partial charge in [0.25, 0.3) is 0 Å². The second-order valence-corrected chi connectivity index (χ2v) is 4.76. The highest BCUT2D eigenvalue weighted by molar-refractivity contribution is 6.22. The van der Waals surface area contributed by atoms with Crippen LogP contribution in [0.4, 0.5) is 13.2 Å². The average molecular weight is 301 g/mol. The molecule has 0 amide bonds. The molecule has 0 saturated carbocycles. The van der Waals surface area contributed by atoms with Crippen molar-refractivity contribution in [1.29, 1.82) is 0 Å². The van der Waals surface area contributed by atoms with Crippen molar-refractivity contribution in [3.63, 3.8) is 0 Å². The second kappa shape index (κ2) is 6.18. The fourth-order valence-corrected chi connectivity index (χ4v) is 2.14. The SMILES string of the molecule is Cc1cc(C(Cl)c2cccc(OC(F)F)c2)ccc1F. The van der Waals surface area contributed by atoms with Gasteiger partial charge < -0.3 is 4.74 Å². The highest BCUT2D eigenvalue weighted by atomic mass is 35.5. The fourth-order valence-electron chi connectivity index (χ4n) is 1.87. The first-order valence-electron chi connectivity index (χ1n) is 5.92. The normalized spacial score (nSPS) is 12.5. The standard InChI is InChI=1S/C15H12ClF3O/c1-9-7-11(5-6-13(9)17)14(16)10-3-2-4-12(8-10)20-15(18)19/h2-8,14-15H,1H3. The number of hydrogen-bond donors (Lipinski definition) is 0. The summed E-state index contributed by atoms with van der Waals surface area (Å²) in [5.41, 5.74) is 1.78. The van der Waals surface area contributed by atoms with E-state index in [0.717, 1.165) is 0 Å². The van der Waals surface area contributed by atoms with Gasteiger partial charge in [0.15, 0.2) is 0 Å². The lowest BCUT2D eigenvalue weighted by Crippen LogP contribution is -2.03. The molecule has 2 aromatic rings. The number of alkyl halides is 3. The van der Waals surface area contributed by atoms with Gasteiger partial charge in [-0.3, -0.25) is 0 Å². The Kier molecular flexibility index (Phi) is 4.55. The molecule has 0 heterocycles. The largest absolute Gasteiger partial charge is 0.435 e.